The molecule has 0 aliphatic heterocycles. The third-order valence-corrected chi connectivity index (χ3v) is 3.04. The molecule has 0 aliphatic rings. The van der Waals surface area contributed by atoms with Crippen LogP contribution in [0, 0.1) is 6.92 Å². The molecule has 3 rings (SSSR count). The highest BCUT2D eigenvalue weighted by atomic mass is 16.5. The molecule has 0 saturated carbocycles. The number of phenolic OH excluding ortho intramolecular Hbond substituents is 1. The van der Waals surface area contributed by atoms with E-state index in [1.807, 2.05) is 25.1 Å². The van der Waals surface area contributed by atoms with Crippen molar-refractivity contribution in [3.8, 4) is 11.5 Å². The van der Waals surface area contributed by atoms with Gasteiger partial charge in [0, 0.05) is 16.3 Å². The van der Waals surface area contributed by atoms with E-state index in [0.29, 0.717) is 0 Å². The third kappa shape index (κ3) is 1.43. The molecule has 0 aliphatic carbocycles. The zero-order valence-corrected chi connectivity index (χ0v) is 9.74. The average molecular weight is 227 g/mol. The molecule has 2 N–H and O–H groups in total. The summed E-state index contributed by atoms with van der Waals surface area (Å²) < 4.78 is 5.22. The van der Waals surface area contributed by atoms with Crippen molar-refractivity contribution in [1.29, 1.82) is 0 Å². The number of nitrogens with one attached hydrogen (secondary N) is 1. The summed E-state index contributed by atoms with van der Waals surface area (Å²) in [6.45, 7) is 1.97. The van der Waals surface area contributed by atoms with Crippen LogP contribution in [0.5, 0.6) is 11.5 Å². The highest BCUT2D eigenvalue weighted by Gasteiger charge is 2.09. The van der Waals surface area contributed by atoms with Crippen LogP contribution in [0.15, 0.2) is 30.3 Å². The SMILES string of the molecule is COc1ccc2[nH]c3c(O)cc(C)cc3c2c1. The lowest BCUT2D eigenvalue weighted by Crippen LogP contribution is -1.80. The van der Waals surface area contributed by atoms with Crippen LogP contribution in [0.1, 0.15) is 5.56 Å². The van der Waals surface area contributed by atoms with E-state index in [9.17, 15) is 5.11 Å². The molecule has 3 heteroatoms. The van der Waals surface area contributed by atoms with Crippen molar-refractivity contribution < 1.29 is 9.84 Å². The summed E-state index contributed by atoms with van der Waals surface area (Å²) in [7, 11) is 1.65. The Balaban J connectivity index is 2.48. The fraction of sp³-hybridized carbons (Fsp3) is 0.143. The number of H-pyrrole nitrogens is 1. The van der Waals surface area contributed by atoms with Gasteiger partial charge in [0.1, 0.15) is 11.5 Å². The Labute approximate surface area is 98.6 Å². The highest BCUT2D eigenvalue weighted by Crippen LogP contribution is 2.33. The second-order valence-electron chi connectivity index (χ2n) is 4.24. The van der Waals surface area contributed by atoms with Gasteiger partial charge in [-0.3, -0.25) is 0 Å². The average Bonchev–Trinajstić information content (AvgIpc) is 2.67. The van der Waals surface area contributed by atoms with Gasteiger partial charge in [0.05, 0.1) is 12.6 Å². The van der Waals surface area contributed by atoms with E-state index < -0.39 is 0 Å². The van der Waals surface area contributed by atoms with Gasteiger partial charge in [0.25, 0.3) is 0 Å². The minimum Gasteiger partial charge on any atom is -0.506 e. The van der Waals surface area contributed by atoms with Gasteiger partial charge in [-0.25, -0.2) is 0 Å². The van der Waals surface area contributed by atoms with E-state index in [4.69, 9.17) is 4.74 Å². The number of methoxy groups -OCH3 is 1. The van der Waals surface area contributed by atoms with Gasteiger partial charge < -0.3 is 14.8 Å². The smallest absolute Gasteiger partial charge is 0.139 e. The second kappa shape index (κ2) is 3.42. The summed E-state index contributed by atoms with van der Waals surface area (Å²) in [6.07, 6.45) is 0. The van der Waals surface area contributed by atoms with E-state index in [1.165, 1.54) is 0 Å². The van der Waals surface area contributed by atoms with Crippen LogP contribution in [-0.2, 0) is 0 Å². The fourth-order valence-corrected chi connectivity index (χ4v) is 2.23. The maximum absolute atomic E-state index is 9.92. The normalized spacial score (nSPS) is 11.2. The van der Waals surface area contributed by atoms with Crippen molar-refractivity contribution >= 4 is 21.8 Å². The summed E-state index contributed by atoms with van der Waals surface area (Å²) in [5.74, 6) is 1.11. The molecule has 2 aromatic carbocycles. The molecule has 0 atom stereocenters. The number of aromatic nitrogens is 1. The quantitative estimate of drug-likeness (QED) is 0.669. The van der Waals surface area contributed by atoms with Crippen molar-refractivity contribution in [3.63, 3.8) is 0 Å². The largest absolute Gasteiger partial charge is 0.506 e. The number of benzene rings is 2. The molecular formula is C14H13NO2. The third-order valence-electron chi connectivity index (χ3n) is 3.04. The fourth-order valence-electron chi connectivity index (χ4n) is 2.23. The monoisotopic (exact) mass is 227 g/mol. The summed E-state index contributed by atoms with van der Waals surface area (Å²) >= 11 is 0. The van der Waals surface area contributed by atoms with Crippen molar-refractivity contribution in [2.75, 3.05) is 7.11 Å². The van der Waals surface area contributed by atoms with Gasteiger partial charge in [-0.15, -0.1) is 0 Å². The lowest BCUT2D eigenvalue weighted by Gasteiger charge is -1.99. The lowest BCUT2D eigenvalue weighted by molar-refractivity contribution is 0.415. The van der Waals surface area contributed by atoms with E-state index in [-0.39, 0.29) is 5.75 Å². The van der Waals surface area contributed by atoms with Gasteiger partial charge in [0.15, 0.2) is 0 Å². The number of rotatable bonds is 1. The van der Waals surface area contributed by atoms with Gasteiger partial charge in [-0.05, 0) is 42.8 Å². The number of ether oxygens (including phenoxy) is 1. The number of aromatic amines is 1. The summed E-state index contributed by atoms with van der Waals surface area (Å²) in [4.78, 5) is 3.22. The predicted octanol–water partition coefficient (Wildman–Crippen LogP) is 3.34. The van der Waals surface area contributed by atoms with Crippen LogP contribution < -0.4 is 4.74 Å². The van der Waals surface area contributed by atoms with Gasteiger partial charge in [-0.2, -0.15) is 0 Å². The second-order valence-corrected chi connectivity index (χ2v) is 4.24. The Morgan fingerprint density at radius 1 is 1.12 bits per heavy atom. The molecule has 0 spiro atoms. The first-order valence-corrected chi connectivity index (χ1v) is 5.48. The lowest BCUT2D eigenvalue weighted by atomic mass is 10.1. The Kier molecular flexibility index (Phi) is 2.01. The molecule has 1 aromatic heterocycles. The Hall–Kier alpha value is -2.16. The standard InChI is InChI=1S/C14H13NO2/c1-8-5-11-10-7-9(17-2)3-4-12(10)15-14(11)13(16)6-8/h3-7,15-16H,1-2H3. The van der Waals surface area contributed by atoms with Gasteiger partial charge in [-0.1, -0.05) is 0 Å². The molecule has 17 heavy (non-hydrogen) atoms. The molecule has 1 heterocycles. The van der Waals surface area contributed by atoms with Crippen LogP contribution in [0.2, 0.25) is 0 Å². The first-order chi connectivity index (χ1) is 8.19. The number of phenols is 1. The molecular weight excluding hydrogens is 214 g/mol. The molecule has 0 amide bonds. The highest BCUT2D eigenvalue weighted by molar-refractivity contribution is 6.09. The number of hydrogen-bond donors (Lipinski definition) is 2. The van der Waals surface area contributed by atoms with E-state index in [0.717, 1.165) is 33.1 Å². The van der Waals surface area contributed by atoms with Crippen molar-refractivity contribution in [2.24, 2.45) is 0 Å². The summed E-state index contributed by atoms with van der Waals surface area (Å²) in [5.41, 5.74) is 2.82. The number of hydrogen-bond acceptors (Lipinski definition) is 2. The Morgan fingerprint density at radius 2 is 1.94 bits per heavy atom. The van der Waals surface area contributed by atoms with Crippen molar-refractivity contribution in [2.45, 2.75) is 6.92 Å². The number of aromatic hydroxyl groups is 1. The Morgan fingerprint density at radius 3 is 2.71 bits per heavy atom. The summed E-state index contributed by atoms with van der Waals surface area (Å²) in [5, 5.41) is 12.0. The molecule has 3 aromatic rings. The topological polar surface area (TPSA) is 45.2 Å². The molecule has 0 saturated heterocycles. The first kappa shape index (κ1) is 10.0. The van der Waals surface area contributed by atoms with Gasteiger partial charge in [0.2, 0.25) is 0 Å². The van der Waals surface area contributed by atoms with Crippen LogP contribution in [0.3, 0.4) is 0 Å². The van der Waals surface area contributed by atoms with E-state index in [1.54, 1.807) is 13.2 Å². The maximum Gasteiger partial charge on any atom is 0.139 e. The molecule has 3 nitrogen and oxygen atoms in total. The number of fused-ring (bicyclic) bond motifs is 3. The maximum atomic E-state index is 9.92. The van der Waals surface area contributed by atoms with Crippen molar-refractivity contribution in [3.05, 3.63) is 35.9 Å². The molecule has 86 valence electrons. The van der Waals surface area contributed by atoms with Crippen LogP contribution in [0.4, 0.5) is 0 Å². The Bertz CT molecular complexity index is 713. The molecule has 0 fully saturated rings. The van der Waals surface area contributed by atoms with E-state index >= 15 is 0 Å². The predicted molar refractivity (Wildman–Crippen MR) is 68.8 cm³/mol. The first-order valence-electron chi connectivity index (χ1n) is 5.48. The zero-order valence-electron chi connectivity index (χ0n) is 9.74. The molecule has 0 radical (unpaired) electrons. The molecule has 0 unspecified atom stereocenters. The van der Waals surface area contributed by atoms with Crippen LogP contribution >= 0.6 is 0 Å². The van der Waals surface area contributed by atoms with Gasteiger partial charge >= 0.3 is 0 Å². The zero-order chi connectivity index (χ0) is 12.0. The van der Waals surface area contributed by atoms with Crippen LogP contribution in [-0.4, -0.2) is 17.2 Å². The van der Waals surface area contributed by atoms with E-state index in [2.05, 4.69) is 11.1 Å². The molecule has 0 bridgehead atoms. The minimum absolute atomic E-state index is 0.287. The van der Waals surface area contributed by atoms with Crippen molar-refractivity contribution in [1.82, 2.24) is 4.98 Å². The summed E-state index contributed by atoms with van der Waals surface area (Å²) in [6, 6.07) is 9.67. The minimum atomic E-state index is 0.287. The number of aryl methyl sites for hydroxylation is 1. The van der Waals surface area contributed by atoms with Crippen LogP contribution in [0.25, 0.3) is 21.8 Å².